The van der Waals surface area contributed by atoms with Crippen LogP contribution in [0.3, 0.4) is 0 Å². The molecule has 1 N–H and O–H groups in total. The molecule has 0 bridgehead atoms. The van der Waals surface area contributed by atoms with E-state index in [1.165, 1.54) is 0 Å². The summed E-state index contributed by atoms with van der Waals surface area (Å²) in [5.74, 6) is 0. The van der Waals surface area contributed by atoms with Crippen molar-refractivity contribution < 1.29 is 4.92 Å². The van der Waals surface area contributed by atoms with E-state index in [-0.39, 0.29) is 0 Å². The van der Waals surface area contributed by atoms with Crippen molar-refractivity contribution in [3.63, 3.8) is 0 Å². The molecule has 0 aromatic carbocycles. The van der Waals surface area contributed by atoms with Crippen LogP contribution in [0, 0.1) is 10.1 Å². The molecule has 0 saturated carbocycles. The van der Waals surface area contributed by atoms with Gasteiger partial charge in [0.25, 0.3) is 0 Å². The Morgan fingerprint density at radius 3 is 2.33 bits per heavy atom. The lowest BCUT2D eigenvalue weighted by molar-refractivity contribution is -0.550. The van der Waals surface area contributed by atoms with E-state index >= 15 is 0 Å². The summed E-state index contributed by atoms with van der Waals surface area (Å²) in [6, 6.07) is 0. The first-order chi connectivity index (χ1) is 6.68. The van der Waals surface area contributed by atoms with E-state index < -0.39 is 19.5 Å². The van der Waals surface area contributed by atoms with Gasteiger partial charge < -0.3 is 0 Å². The third kappa shape index (κ3) is 2.45. The standard InChI is InChI=1S/C4H3Cl5N4O2/c5-3(6,7)4(8,9)12-1-10-11-2(12)13(14)15/h1-2,11H. The molecule has 0 saturated heterocycles. The third-order valence-electron chi connectivity index (χ3n) is 1.50. The monoisotopic (exact) mass is 314 g/mol. The van der Waals surface area contributed by atoms with Gasteiger partial charge in [-0.1, -0.05) is 58.0 Å². The summed E-state index contributed by atoms with van der Waals surface area (Å²) in [6.07, 6.45) is -0.495. The van der Waals surface area contributed by atoms with Gasteiger partial charge in [-0.05, 0) is 0 Å². The molecule has 1 atom stereocenters. The van der Waals surface area contributed by atoms with Gasteiger partial charge in [-0.15, -0.1) is 0 Å². The molecule has 6 nitrogen and oxygen atoms in total. The fraction of sp³-hybridized carbons (Fsp3) is 0.750. The first kappa shape index (κ1) is 13.2. The minimum absolute atomic E-state index is 0.719. The van der Waals surface area contributed by atoms with Gasteiger partial charge in [0.15, 0.2) is 0 Å². The normalized spacial score (nSPS) is 21.7. The number of nitrogens with one attached hydrogen (secondary N) is 1. The Hall–Kier alpha value is 0.120. The number of nitro groups is 1. The van der Waals surface area contributed by atoms with Crippen LogP contribution >= 0.6 is 58.0 Å². The van der Waals surface area contributed by atoms with Crippen LogP contribution in [-0.4, -0.2) is 30.7 Å². The molecule has 0 aliphatic carbocycles. The number of hydrogen-bond acceptors (Lipinski definition) is 5. The van der Waals surface area contributed by atoms with Crippen LogP contribution in [0.1, 0.15) is 0 Å². The molecule has 11 heteroatoms. The van der Waals surface area contributed by atoms with E-state index in [4.69, 9.17) is 58.0 Å². The largest absolute Gasteiger partial charge is 0.384 e. The van der Waals surface area contributed by atoms with Gasteiger partial charge in [0.2, 0.25) is 8.25 Å². The van der Waals surface area contributed by atoms with E-state index in [2.05, 4.69) is 10.5 Å². The molecule has 1 unspecified atom stereocenters. The molecule has 15 heavy (non-hydrogen) atoms. The summed E-state index contributed by atoms with van der Waals surface area (Å²) in [4.78, 5) is 10.6. The Morgan fingerprint density at radius 1 is 1.40 bits per heavy atom. The summed E-state index contributed by atoms with van der Waals surface area (Å²) in [5.41, 5.74) is 2.14. The fourth-order valence-corrected chi connectivity index (χ4v) is 1.37. The third-order valence-corrected chi connectivity index (χ3v) is 3.86. The van der Waals surface area contributed by atoms with Gasteiger partial charge in [0, 0.05) is 0 Å². The summed E-state index contributed by atoms with van der Waals surface area (Å²) in [7, 11) is 0. The Morgan fingerprint density at radius 2 is 1.93 bits per heavy atom. The van der Waals surface area contributed by atoms with Crippen LogP contribution in [0.25, 0.3) is 0 Å². The van der Waals surface area contributed by atoms with Gasteiger partial charge in [-0.3, -0.25) is 10.1 Å². The average Bonchev–Trinajstić information content (AvgIpc) is 2.48. The number of hydrogen-bond donors (Lipinski definition) is 1. The molecule has 0 aromatic heterocycles. The number of rotatable bonds is 2. The highest BCUT2D eigenvalue weighted by Crippen LogP contribution is 2.48. The van der Waals surface area contributed by atoms with E-state index in [1.54, 1.807) is 0 Å². The molecule has 0 amide bonds. The van der Waals surface area contributed by atoms with Crippen molar-refractivity contribution in [2.75, 3.05) is 0 Å². The summed E-state index contributed by atoms with van der Waals surface area (Å²) >= 11 is 27.9. The minimum Gasteiger partial charge on any atom is -0.261 e. The van der Waals surface area contributed by atoms with Crippen molar-refractivity contribution >= 4 is 64.3 Å². The molecule has 0 spiro atoms. The Labute approximate surface area is 109 Å². The smallest absolute Gasteiger partial charge is 0.261 e. The van der Waals surface area contributed by atoms with Crippen LogP contribution in [-0.2, 0) is 0 Å². The van der Waals surface area contributed by atoms with E-state index in [0.29, 0.717) is 0 Å². The Kier molecular flexibility index (Phi) is 3.67. The first-order valence-electron chi connectivity index (χ1n) is 3.33. The van der Waals surface area contributed by atoms with Gasteiger partial charge in [0.05, 0.1) is 4.92 Å². The van der Waals surface area contributed by atoms with Crippen molar-refractivity contribution in [3.8, 4) is 0 Å². The number of alkyl halides is 5. The molecule has 0 aromatic rings. The summed E-state index contributed by atoms with van der Waals surface area (Å²) < 4.78 is -4.25. The van der Waals surface area contributed by atoms with Crippen LogP contribution < -0.4 is 5.43 Å². The lowest BCUT2D eigenvalue weighted by Gasteiger charge is -2.34. The van der Waals surface area contributed by atoms with Gasteiger partial charge in [0.1, 0.15) is 6.34 Å². The Balaban J connectivity index is 2.96. The topological polar surface area (TPSA) is 70.8 Å². The highest BCUT2D eigenvalue weighted by molar-refractivity contribution is 6.75. The molecule has 86 valence electrons. The predicted molar refractivity (Wildman–Crippen MR) is 59.0 cm³/mol. The maximum Gasteiger partial charge on any atom is 0.384 e. The van der Waals surface area contributed by atoms with Crippen molar-refractivity contribution in [3.05, 3.63) is 10.1 Å². The molecule has 1 heterocycles. The van der Waals surface area contributed by atoms with Crippen molar-refractivity contribution in [2.45, 2.75) is 14.5 Å². The molecular formula is C4H3Cl5N4O2. The van der Waals surface area contributed by atoms with Crippen LogP contribution in [0.15, 0.2) is 5.10 Å². The maximum absolute atomic E-state index is 10.6. The predicted octanol–water partition coefficient (Wildman–Crippen LogP) is 1.90. The second kappa shape index (κ2) is 4.18. The second-order valence-corrected chi connectivity index (χ2v) is 6.05. The molecule has 1 rings (SSSR count). The highest BCUT2D eigenvalue weighted by atomic mass is 35.6. The zero-order valence-electron chi connectivity index (χ0n) is 6.70. The molecule has 1 aliphatic rings. The molecule has 1 aliphatic heterocycles. The number of hydrazone groups is 1. The zero-order chi connectivity index (χ0) is 11.9. The molecule has 0 fully saturated rings. The zero-order valence-corrected chi connectivity index (χ0v) is 10.5. The summed E-state index contributed by atoms with van der Waals surface area (Å²) in [6.45, 7) is 0. The Bertz CT molecular complexity index is 302. The van der Waals surface area contributed by atoms with Crippen LogP contribution in [0.2, 0.25) is 0 Å². The molecule has 0 radical (unpaired) electrons. The van der Waals surface area contributed by atoms with E-state index in [0.717, 1.165) is 11.2 Å². The van der Waals surface area contributed by atoms with Crippen molar-refractivity contribution in [1.82, 2.24) is 10.3 Å². The highest BCUT2D eigenvalue weighted by Gasteiger charge is 2.56. The number of nitrogens with zero attached hydrogens (tertiary/aromatic N) is 3. The lowest BCUT2D eigenvalue weighted by Crippen LogP contribution is -2.56. The fourth-order valence-electron chi connectivity index (χ4n) is 0.809. The second-order valence-electron chi connectivity index (χ2n) is 2.48. The SMILES string of the molecule is O=[N+]([O-])C1NN=CN1C(Cl)(Cl)C(Cl)(Cl)Cl. The minimum atomic E-state index is -2.14. The van der Waals surface area contributed by atoms with Crippen molar-refractivity contribution in [2.24, 2.45) is 5.10 Å². The quantitative estimate of drug-likeness (QED) is 0.365. The van der Waals surface area contributed by atoms with E-state index in [1.807, 2.05) is 0 Å². The maximum atomic E-state index is 10.6. The van der Waals surface area contributed by atoms with Crippen LogP contribution in [0.5, 0.6) is 0 Å². The van der Waals surface area contributed by atoms with Gasteiger partial charge in [-0.2, -0.15) is 5.10 Å². The first-order valence-corrected chi connectivity index (χ1v) is 5.22. The van der Waals surface area contributed by atoms with Crippen molar-refractivity contribution in [1.29, 1.82) is 0 Å². The van der Waals surface area contributed by atoms with Gasteiger partial charge >= 0.3 is 6.29 Å². The van der Waals surface area contributed by atoms with E-state index in [9.17, 15) is 10.1 Å². The lowest BCUT2D eigenvalue weighted by atomic mass is 10.6. The van der Waals surface area contributed by atoms with Gasteiger partial charge in [-0.25, -0.2) is 10.3 Å². The summed E-state index contributed by atoms with van der Waals surface area (Å²) in [5, 5.41) is 14.0. The molecular weight excluding hydrogens is 313 g/mol. The number of halogens is 5. The van der Waals surface area contributed by atoms with Crippen LogP contribution in [0.4, 0.5) is 0 Å². The average molecular weight is 316 g/mol.